The molecule has 0 atom stereocenters. The molecule has 0 unspecified atom stereocenters. The molecule has 0 saturated carbocycles. The van der Waals surface area contributed by atoms with Gasteiger partial charge in [0, 0.05) is 0 Å². The van der Waals surface area contributed by atoms with Gasteiger partial charge in [-0.1, -0.05) is 65.4 Å². The molecule has 0 saturated heterocycles. The Kier molecular flexibility index (Phi) is 8.61. The van der Waals surface area contributed by atoms with E-state index in [0.717, 1.165) is 5.56 Å². The van der Waals surface area contributed by atoms with Crippen LogP contribution >= 0.6 is 0 Å². The van der Waals surface area contributed by atoms with Gasteiger partial charge in [0.2, 0.25) is 0 Å². The Hall–Kier alpha value is -1.58. The van der Waals surface area contributed by atoms with Gasteiger partial charge in [-0.05, 0) is 11.1 Å². The second-order valence-electron chi connectivity index (χ2n) is 3.55. The van der Waals surface area contributed by atoms with Crippen molar-refractivity contribution >= 4 is 23.9 Å². The molecule has 0 bridgehead atoms. The molecule has 106 valence electrons. The van der Waals surface area contributed by atoms with E-state index in [0.29, 0.717) is 10.6 Å². The van der Waals surface area contributed by atoms with E-state index in [1.165, 1.54) is 12.3 Å². The van der Waals surface area contributed by atoms with Crippen LogP contribution < -0.4 is 11.3 Å². The molecule has 6 heteroatoms. The standard InChI is InChI=1S/C14H12N2OS.H3N.Pd/c17-13-9-5-4-8-12(13)10-15-16-14(18)11-6-2-1-3-7-11;;/h1-10,17H,(H,16,18);1H3;/q;;+2/p-2/b15-10+;;. The third-order valence-electron chi connectivity index (χ3n) is 2.29. The number of nitrogens with zero attached hydrogens (tertiary/aromatic N) is 2. The molecule has 0 aliphatic carbocycles. The van der Waals surface area contributed by atoms with E-state index in [-0.39, 0.29) is 32.3 Å². The van der Waals surface area contributed by atoms with Crippen molar-refractivity contribution in [3.8, 4) is 5.75 Å². The van der Waals surface area contributed by atoms with E-state index in [2.05, 4.69) is 10.2 Å². The topological polar surface area (TPSA) is 82.8 Å². The average Bonchev–Trinajstić information content (AvgIpc) is 2.42. The molecule has 0 radical (unpaired) electrons. The van der Waals surface area contributed by atoms with Gasteiger partial charge in [0.1, 0.15) is 0 Å². The Morgan fingerprint density at radius 2 is 1.60 bits per heavy atom. The normalized spacial score (nSPS) is 10.7. The van der Waals surface area contributed by atoms with Gasteiger partial charge in [-0.3, -0.25) is 0 Å². The minimum atomic E-state index is -0.0814. The largest absolute Gasteiger partial charge is 2.00 e. The quantitative estimate of drug-likeness (QED) is 0.293. The smallest absolute Gasteiger partial charge is 0.872 e. The zero-order valence-corrected chi connectivity index (χ0v) is 12.9. The molecule has 2 aromatic carbocycles. The van der Waals surface area contributed by atoms with Crippen LogP contribution in [0.25, 0.3) is 0 Å². The minimum absolute atomic E-state index is 0. The summed E-state index contributed by atoms with van der Waals surface area (Å²) in [5, 5.41) is 19.5. The van der Waals surface area contributed by atoms with Gasteiger partial charge in [0.05, 0.1) is 6.21 Å². The van der Waals surface area contributed by atoms with Crippen LogP contribution in [-0.2, 0) is 33.1 Å². The molecule has 0 spiro atoms. The summed E-state index contributed by atoms with van der Waals surface area (Å²) in [6.07, 6.45) is 1.41. The minimum Gasteiger partial charge on any atom is -0.872 e. The SMILES string of the molecule is N.[O-]c1ccccc1/C=N/N=C(\[S-])c1ccccc1.[Pd+2]. The molecule has 0 fully saturated rings. The van der Waals surface area contributed by atoms with Crippen LogP contribution in [0.5, 0.6) is 5.75 Å². The molecule has 0 aliphatic rings. The summed E-state index contributed by atoms with van der Waals surface area (Å²) in [6, 6.07) is 16.0. The Morgan fingerprint density at radius 1 is 1.00 bits per heavy atom. The van der Waals surface area contributed by atoms with Crippen molar-refractivity contribution in [1.82, 2.24) is 6.15 Å². The fraction of sp³-hybridized carbons (Fsp3) is 0. The van der Waals surface area contributed by atoms with E-state index >= 15 is 0 Å². The predicted molar refractivity (Wildman–Crippen MR) is 78.8 cm³/mol. The molecule has 0 aliphatic heterocycles. The molecule has 20 heavy (non-hydrogen) atoms. The van der Waals surface area contributed by atoms with Gasteiger partial charge in [-0.2, -0.15) is 10.2 Å². The zero-order valence-electron chi connectivity index (χ0n) is 10.5. The maximum atomic E-state index is 11.4. The fourth-order valence-corrected chi connectivity index (χ4v) is 1.55. The van der Waals surface area contributed by atoms with Crippen LogP contribution in [0.4, 0.5) is 0 Å². The summed E-state index contributed by atoms with van der Waals surface area (Å²) in [4.78, 5) is 0. The molecular formula is C14H13N3OPdS. The molecule has 0 amide bonds. The number of rotatable bonds is 3. The van der Waals surface area contributed by atoms with Crippen LogP contribution in [-0.4, -0.2) is 11.3 Å². The Balaban J connectivity index is 0.00000180. The number of para-hydroxylation sites is 1. The molecule has 0 aromatic heterocycles. The summed E-state index contributed by atoms with van der Waals surface area (Å²) in [5.41, 5.74) is 1.33. The Morgan fingerprint density at radius 3 is 2.25 bits per heavy atom. The first-order valence-corrected chi connectivity index (χ1v) is 5.78. The van der Waals surface area contributed by atoms with Gasteiger partial charge < -0.3 is 23.9 Å². The number of hydrogen-bond acceptors (Lipinski definition) is 5. The average molecular weight is 378 g/mol. The van der Waals surface area contributed by atoms with Crippen molar-refractivity contribution in [3.63, 3.8) is 0 Å². The molecule has 2 rings (SSSR count). The first kappa shape index (κ1) is 18.4. The second kappa shape index (κ2) is 9.35. The summed E-state index contributed by atoms with van der Waals surface area (Å²) in [5.74, 6) is -0.0814. The van der Waals surface area contributed by atoms with Crippen LogP contribution in [0, 0.1) is 0 Å². The molecule has 4 nitrogen and oxygen atoms in total. The van der Waals surface area contributed by atoms with Gasteiger partial charge in [-0.25, -0.2) is 0 Å². The van der Waals surface area contributed by atoms with Crippen LogP contribution in [0.3, 0.4) is 0 Å². The molecule has 3 N–H and O–H groups in total. The van der Waals surface area contributed by atoms with Crippen molar-refractivity contribution in [3.05, 3.63) is 65.7 Å². The van der Waals surface area contributed by atoms with E-state index in [9.17, 15) is 5.11 Å². The summed E-state index contributed by atoms with van der Waals surface area (Å²) in [6.45, 7) is 0. The second-order valence-corrected chi connectivity index (χ2v) is 3.94. The summed E-state index contributed by atoms with van der Waals surface area (Å²) in [7, 11) is 0. The van der Waals surface area contributed by atoms with Gasteiger partial charge in [0.25, 0.3) is 0 Å². The van der Waals surface area contributed by atoms with Crippen LogP contribution in [0.2, 0.25) is 0 Å². The molecular weight excluding hydrogens is 365 g/mol. The fourth-order valence-electron chi connectivity index (χ4n) is 1.37. The van der Waals surface area contributed by atoms with Gasteiger partial charge >= 0.3 is 20.4 Å². The van der Waals surface area contributed by atoms with E-state index in [4.69, 9.17) is 12.6 Å². The van der Waals surface area contributed by atoms with Crippen molar-refractivity contribution in [2.75, 3.05) is 0 Å². The molecule has 0 heterocycles. The van der Waals surface area contributed by atoms with Crippen molar-refractivity contribution < 1.29 is 25.5 Å². The summed E-state index contributed by atoms with van der Waals surface area (Å²) >= 11 is 5.11. The zero-order chi connectivity index (χ0) is 12.8. The van der Waals surface area contributed by atoms with E-state index in [1.807, 2.05) is 30.3 Å². The maximum absolute atomic E-state index is 11.4. The predicted octanol–water partition coefficient (Wildman–Crippen LogP) is 2.25. The first-order chi connectivity index (χ1) is 8.77. The summed E-state index contributed by atoms with van der Waals surface area (Å²) < 4.78 is 0. The number of benzene rings is 2. The number of hydrogen-bond donors (Lipinski definition) is 1. The monoisotopic (exact) mass is 377 g/mol. The van der Waals surface area contributed by atoms with Crippen molar-refractivity contribution in [1.29, 1.82) is 0 Å². The first-order valence-electron chi connectivity index (χ1n) is 5.37. The van der Waals surface area contributed by atoms with Gasteiger partial charge in [0.15, 0.2) is 0 Å². The Bertz CT molecular complexity index is 588. The third-order valence-corrected chi connectivity index (χ3v) is 2.60. The van der Waals surface area contributed by atoms with Crippen molar-refractivity contribution in [2.45, 2.75) is 0 Å². The van der Waals surface area contributed by atoms with E-state index < -0.39 is 0 Å². The third kappa shape index (κ3) is 5.19. The van der Waals surface area contributed by atoms with E-state index in [1.54, 1.807) is 18.2 Å². The van der Waals surface area contributed by atoms with Crippen LogP contribution in [0.1, 0.15) is 11.1 Å². The van der Waals surface area contributed by atoms with Gasteiger partial charge in [-0.15, -0.1) is 0 Å². The van der Waals surface area contributed by atoms with Crippen LogP contribution in [0.15, 0.2) is 64.8 Å². The maximum Gasteiger partial charge on any atom is 2.00 e. The van der Waals surface area contributed by atoms with Crippen molar-refractivity contribution in [2.24, 2.45) is 10.2 Å². The Labute approximate surface area is 137 Å². The molecule has 2 aromatic rings.